The summed E-state index contributed by atoms with van der Waals surface area (Å²) in [5.74, 6) is 1.61. The van der Waals surface area contributed by atoms with E-state index in [2.05, 4.69) is 35.8 Å². The first-order valence-corrected chi connectivity index (χ1v) is 10.6. The van der Waals surface area contributed by atoms with Gasteiger partial charge in [-0.2, -0.15) is 5.10 Å². The van der Waals surface area contributed by atoms with Crippen LogP contribution in [0, 0.1) is 6.92 Å². The zero-order chi connectivity index (χ0) is 21.9. The van der Waals surface area contributed by atoms with E-state index < -0.39 is 0 Å². The van der Waals surface area contributed by atoms with E-state index in [4.69, 9.17) is 0 Å². The Kier molecular flexibility index (Phi) is 5.37. The molecule has 3 N–H and O–H groups in total. The summed E-state index contributed by atoms with van der Waals surface area (Å²) >= 11 is 0. The van der Waals surface area contributed by atoms with Gasteiger partial charge in [-0.3, -0.25) is 19.4 Å². The summed E-state index contributed by atoms with van der Waals surface area (Å²) in [6.07, 6.45) is 13.4. The van der Waals surface area contributed by atoms with E-state index in [1.165, 1.54) is 0 Å². The summed E-state index contributed by atoms with van der Waals surface area (Å²) in [5, 5.41) is 13.6. The SMILES string of the molecule is Cc1cnc(N[C@H]2CC[C@H](Nc3ccc(-n4cccc(-c5cn[nH]c5)c4=O)cn3)C2)cn1. The second-order valence-corrected chi connectivity index (χ2v) is 8.02. The number of hydrogen-bond acceptors (Lipinski definition) is 7. The number of rotatable bonds is 6. The van der Waals surface area contributed by atoms with E-state index in [0.717, 1.165) is 47.8 Å². The first-order chi connectivity index (χ1) is 15.7. The van der Waals surface area contributed by atoms with Crippen LogP contribution in [0.3, 0.4) is 0 Å². The third-order valence-corrected chi connectivity index (χ3v) is 5.70. The predicted molar refractivity (Wildman–Crippen MR) is 123 cm³/mol. The summed E-state index contributed by atoms with van der Waals surface area (Å²) in [7, 11) is 0. The molecule has 1 fully saturated rings. The Morgan fingerprint density at radius 1 is 0.969 bits per heavy atom. The summed E-state index contributed by atoms with van der Waals surface area (Å²) in [6.45, 7) is 1.93. The summed E-state index contributed by atoms with van der Waals surface area (Å²) in [6, 6.07) is 8.14. The highest BCUT2D eigenvalue weighted by molar-refractivity contribution is 5.60. The van der Waals surface area contributed by atoms with Crippen molar-refractivity contribution in [3.63, 3.8) is 0 Å². The number of aromatic amines is 1. The Hall–Kier alpha value is -4.01. The average Bonchev–Trinajstić information content (AvgIpc) is 3.49. The number of nitrogens with one attached hydrogen (secondary N) is 3. The van der Waals surface area contributed by atoms with E-state index in [9.17, 15) is 4.79 Å². The monoisotopic (exact) mass is 428 g/mol. The fourth-order valence-electron chi connectivity index (χ4n) is 4.06. The zero-order valence-electron chi connectivity index (χ0n) is 17.7. The molecule has 9 nitrogen and oxygen atoms in total. The Labute approximate surface area is 185 Å². The number of anilines is 2. The smallest absolute Gasteiger partial charge is 0.263 e. The van der Waals surface area contributed by atoms with Crippen molar-refractivity contribution in [2.75, 3.05) is 10.6 Å². The fourth-order valence-corrected chi connectivity index (χ4v) is 4.06. The molecule has 1 aliphatic rings. The molecule has 4 heterocycles. The Morgan fingerprint density at radius 2 is 1.78 bits per heavy atom. The second kappa shape index (κ2) is 8.62. The lowest BCUT2D eigenvalue weighted by molar-refractivity contribution is 0.719. The van der Waals surface area contributed by atoms with E-state index in [1.54, 1.807) is 47.8 Å². The van der Waals surface area contributed by atoms with Crippen LogP contribution in [0.2, 0.25) is 0 Å². The van der Waals surface area contributed by atoms with Crippen LogP contribution in [0.5, 0.6) is 0 Å². The van der Waals surface area contributed by atoms with Gasteiger partial charge in [-0.1, -0.05) is 0 Å². The van der Waals surface area contributed by atoms with E-state index >= 15 is 0 Å². The van der Waals surface area contributed by atoms with Gasteiger partial charge in [-0.05, 0) is 50.5 Å². The van der Waals surface area contributed by atoms with Gasteiger partial charge in [0.2, 0.25) is 0 Å². The maximum Gasteiger partial charge on any atom is 0.263 e. The minimum absolute atomic E-state index is 0.111. The number of nitrogens with zero attached hydrogens (tertiary/aromatic N) is 5. The van der Waals surface area contributed by atoms with Gasteiger partial charge >= 0.3 is 0 Å². The molecule has 4 aromatic heterocycles. The fraction of sp³-hybridized carbons (Fsp3) is 0.261. The van der Waals surface area contributed by atoms with Crippen LogP contribution in [0.4, 0.5) is 11.6 Å². The van der Waals surface area contributed by atoms with Gasteiger partial charge in [0.1, 0.15) is 11.6 Å². The Bertz CT molecular complexity index is 1230. The summed E-state index contributed by atoms with van der Waals surface area (Å²) < 4.78 is 1.59. The quantitative estimate of drug-likeness (QED) is 0.432. The molecule has 0 aliphatic heterocycles. The number of aromatic nitrogens is 6. The van der Waals surface area contributed by atoms with Crippen LogP contribution < -0.4 is 16.2 Å². The molecule has 2 atom stereocenters. The molecule has 0 spiro atoms. The van der Waals surface area contributed by atoms with Gasteiger partial charge < -0.3 is 10.6 Å². The van der Waals surface area contributed by atoms with E-state index in [-0.39, 0.29) is 5.56 Å². The first-order valence-electron chi connectivity index (χ1n) is 10.6. The van der Waals surface area contributed by atoms with Gasteiger partial charge in [0.25, 0.3) is 5.56 Å². The number of H-pyrrole nitrogens is 1. The van der Waals surface area contributed by atoms with Crippen LogP contribution in [-0.4, -0.2) is 41.8 Å². The molecule has 0 bridgehead atoms. The molecular formula is C23H24N8O. The lowest BCUT2D eigenvalue weighted by Gasteiger charge is -2.16. The first kappa shape index (κ1) is 19.9. The number of pyridine rings is 2. The average molecular weight is 429 g/mol. The van der Waals surface area contributed by atoms with Crippen molar-refractivity contribution in [1.82, 2.24) is 29.7 Å². The van der Waals surface area contributed by atoms with Crippen LogP contribution in [0.25, 0.3) is 16.8 Å². The molecule has 0 saturated heterocycles. The lowest BCUT2D eigenvalue weighted by Crippen LogP contribution is -2.22. The van der Waals surface area contributed by atoms with Gasteiger partial charge in [-0.15, -0.1) is 0 Å². The molecule has 4 aromatic rings. The molecule has 9 heteroatoms. The van der Waals surface area contributed by atoms with Crippen molar-refractivity contribution in [1.29, 1.82) is 0 Å². The Morgan fingerprint density at radius 3 is 2.47 bits per heavy atom. The minimum atomic E-state index is -0.111. The van der Waals surface area contributed by atoms with Gasteiger partial charge in [0.05, 0.1) is 41.7 Å². The van der Waals surface area contributed by atoms with Crippen molar-refractivity contribution in [2.45, 2.75) is 38.3 Å². The molecule has 0 unspecified atom stereocenters. The molecule has 5 rings (SSSR count). The van der Waals surface area contributed by atoms with Crippen LogP contribution in [-0.2, 0) is 0 Å². The number of aryl methyl sites for hydroxylation is 1. The van der Waals surface area contributed by atoms with Crippen molar-refractivity contribution in [3.8, 4) is 16.8 Å². The summed E-state index contributed by atoms with van der Waals surface area (Å²) in [4.78, 5) is 26.1. The van der Waals surface area contributed by atoms with Crippen molar-refractivity contribution < 1.29 is 0 Å². The maximum absolute atomic E-state index is 12.9. The minimum Gasteiger partial charge on any atom is -0.367 e. The van der Waals surface area contributed by atoms with Crippen molar-refractivity contribution in [2.24, 2.45) is 0 Å². The predicted octanol–water partition coefficient (Wildman–Crippen LogP) is 3.17. The molecule has 32 heavy (non-hydrogen) atoms. The van der Waals surface area contributed by atoms with E-state index in [0.29, 0.717) is 17.6 Å². The molecule has 1 saturated carbocycles. The molecule has 162 valence electrons. The maximum atomic E-state index is 12.9. The molecule has 0 radical (unpaired) electrons. The number of hydrogen-bond donors (Lipinski definition) is 3. The normalized spacial score (nSPS) is 17.9. The Balaban J connectivity index is 1.24. The van der Waals surface area contributed by atoms with Crippen molar-refractivity contribution >= 4 is 11.6 Å². The third-order valence-electron chi connectivity index (χ3n) is 5.70. The highest BCUT2D eigenvalue weighted by atomic mass is 16.1. The highest BCUT2D eigenvalue weighted by Gasteiger charge is 2.25. The topological polar surface area (TPSA) is 113 Å². The standard InChI is InChI=1S/C23H24N8O/c1-15-10-25-22(14-24-15)30-18-5-4-17(9-18)29-21-7-6-19(13-26-21)31-8-2-3-20(23(31)32)16-11-27-28-12-16/h2-3,6-8,10-14,17-18H,4-5,9H2,1H3,(H,25,30)(H,26,29)(H,27,28)/t17-,18-/m0/s1. The van der Waals surface area contributed by atoms with Gasteiger partial charge in [0, 0.05) is 30.0 Å². The van der Waals surface area contributed by atoms with Crippen LogP contribution >= 0.6 is 0 Å². The van der Waals surface area contributed by atoms with Crippen LogP contribution in [0.1, 0.15) is 25.0 Å². The van der Waals surface area contributed by atoms with Crippen LogP contribution in [0.15, 0.2) is 66.2 Å². The van der Waals surface area contributed by atoms with Gasteiger partial charge in [-0.25, -0.2) is 9.97 Å². The second-order valence-electron chi connectivity index (χ2n) is 8.02. The molecule has 0 aromatic carbocycles. The van der Waals surface area contributed by atoms with E-state index in [1.807, 2.05) is 25.1 Å². The molecule has 0 amide bonds. The summed E-state index contributed by atoms with van der Waals surface area (Å²) in [5.41, 5.74) is 2.87. The van der Waals surface area contributed by atoms with Gasteiger partial charge in [0.15, 0.2) is 0 Å². The molecule has 1 aliphatic carbocycles. The third kappa shape index (κ3) is 4.22. The largest absolute Gasteiger partial charge is 0.367 e. The van der Waals surface area contributed by atoms with Crippen molar-refractivity contribution in [3.05, 3.63) is 77.5 Å². The lowest BCUT2D eigenvalue weighted by atomic mass is 10.1. The zero-order valence-corrected chi connectivity index (χ0v) is 17.7. The molecular weight excluding hydrogens is 404 g/mol. The highest BCUT2D eigenvalue weighted by Crippen LogP contribution is 2.25.